The molecule has 9 heteroatoms. The summed E-state index contributed by atoms with van der Waals surface area (Å²) in [5.41, 5.74) is 2.85. The number of hydrogen-bond acceptors (Lipinski definition) is 5. The van der Waals surface area contributed by atoms with Gasteiger partial charge in [0.1, 0.15) is 29.1 Å². The third kappa shape index (κ3) is 4.04. The molecule has 164 valence electrons. The highest BCUT2D eigenvalue weighted by molar-refractivity contribution is 6.32. The molecule has 4 aromatic rings. The molecule has 0 aliphatic heterocycles. The van der Waals surface area contributed by atoms with E-state index in [1.165, 1.54) is 18.0 Å². The molecule has 0 fully saturated rings. The van der Waals surface area contributed by atoms with E-state index >= 15 is 0 Å². The average molecular weight is 453 g/mol. The van der Waals surface area contributed by atoms with Crippen LogP contribution in [-0.4, -0.2) is 34.2 Å². The van der Waals surface area contributed by atoms with E-state index in [-0.39, 0.29) is 18.0 Å². The van der Waals surface area contributed by atoms with Crippen LogP contribution in [-0.2, 0) is 18.4 Å². The summed E-state index contributed by atoms with van der Waals surface area (Å²) in [5, 5.41) is 3.10. The number of methoxy groups -OCH3 is 2. The van der Waals surface area contributed by atoms with Crippen LogP contribution in [0.15, 0.2) is 59.8 Å². The van der Waals surface area contributed by atoms with Gasteiger partial charge in [-0.15, -0.1) is 0 Å². The summed E-state index contributed by atoms with van der Waals surface area (Å²) in [7, 11) is 4.89. The number of fused-ring (bicyclic) bond motifs is 1. The Morgan fingerprint density at radius 3 is 2.69 bits per heavy atom. The molecule has 8 nitrogen and oxygen atoms in total. The molecule has 0 radical (unpaired) electrons. The Kier molecular flexibility index (Phi) is 5.87. The van der Waals surface area contributed by atoms with E-state index in [1.54, 1.807) is 36.9 Å². The lowest BCUT2D eigenvalue weighted by Gasteiger charge is -2.09. The summed E-state index contributed by atoms with van der Waals surface area (Å²) < 4.78 is 13.4. The highest BCUT2D eigenvalue weighted by Gasteiger charge is 2.16. The van der Waals surface area contributed by atoms with Crippen LogP contribution < -0.4 is 20.3 Å². The van der Waals surface area contributed by atoms with Gasteiger partial charge in [-0.3, -0.25) is 14.2 Å². The molecule has 0 aliphatic rings. The third-order valence-corrected chi connectivity index (χ3v) is 5.37. The molecular formula is C23H21ClN4O4. The maximum atomic E-state index is 13.1. The maximum absolute atomic E-state index is 13.1. The van der Waals surface area contributed by atoms with Crippen LogP contribution in [0.4, 0.5) is 5.69 Å². The number of rotatable bonds is 6. The van der Waals surface area contributed by atoms with Crippen LogP contribution in [0.2, 0.25) is 5.02 Å². The molecule has 0 atom stereocenters. The molecule has 2 aromatic heterocycles. The molecule has 0 unspecified atom stereocenters. The fraction of sp³-hybridized carbons (Fsp3) is 0.174. The molecule has 0 saturated heterocycles. The van der Waals surface area contributed by atoms with E-state index in [4.69, 9.17) is 21.1 Å². The van der Waals surface area contributed by atoms with Crippen LogP contribution in [0.25, 0.3) is 22.2 Å². The molecule has 0 aliphatic carbocycles. The Bertz CT molecular complexity index is 1380. The normalized spacial score (nSPS) is 10.9. The largest absolute Gasteiger partial charge is 0.497 e. The Morgan fingerprint density at radius 2 is 1.97 bits per heavy atom. The fourth-order valence-electron chi connectivity index (χ4n) is 3.53. The van der Waals surface area contributed by atoms with Crippen molar-refractivity contribution in [3.63, 3.8) is 0 Å². The van der Waals surface area contributed by atoms with Crippen molar-refractivity contribution in [2.45, 2.75) is 6.54 Å². The topological polar surface area (TPSA) is 87.4 Å². The second-order valence-corrected chi connectivity index (χ2v) is 7.57. The Hall–Kier alpha value is -3.78. The Morgan fingerprint density at radius 1 is 1.16 bits per heavy atom. The van der Waals surface area contributed by atoms with Gasteiger partial charge in [-0.2, -0.15) is 0 Å². The number of carbonyl (C=O) groups is 1. The number of aryl methyl sites for hydroxylation is 1. The monoisotopic (exact) mass is 452 g/mol. The highest BCUT2D eigenvalue weighted by atomic mass is 35.5. The minimum Gasteiger partial charge on any atom is -0.497 e. The van der Waals surface area contributed by atoms with E-state index < -0.39 is 0 Å². The summed E-state index contributed by atoms with van der Waals surface area (Å²) in [6.45, 7) is -0.189. The van der Waals surface area contributed by atoms with Crippen molar-refractivity contribution in [1.82, 2.24) is 14.1 Å². The number of benzene rings is 2. The molecule has 4 rings (SSSR count). The molecular weight excluding hydrogens is 432 g/mol. The SMILES string of the molecule is COc1cccc(-c2cn(C)c3c(=O)n(CC(=O)Nc4ccc(OC)c(Cl)c4)cnc23)c1. The van der Waals surface area contributed by atoms with Crippen molar-refractivity contribution < 1.29 is 14.3 Å². The number of anilines is 1. The summed E-state index contributed by atoms with van der Waals surface area (Å²) in [6.07, 6.45) is 3.23. The second kappa shape index (κ2) is 8.76. The highest BCUT2D eigenvalue weighted by Crippen LogP contribution is 2.30. The summed E-state index contributed by atoms with van der Waals surface area (Å²) >= 11 is 6.10. The van der Waals surface area contributed by atoms with Gasteiger partial charge in [0, 0.05) is 24.5 Å². The molecule has 0 bridgehead atoms. The lowest BCUT2D eigenvalue weighted by Crippen LogP contribution is -2.28. The number of halogens is 1. The van der Waals surface area contributed by atoms with Gasteiger partial charge in [-0.05, 0) is 35.9 Å². The van der Waals surface area contributed by atoms with Crippen molar-refractivity contribution in [2.75, 3.05) is 19.5 Å². The van der Waals surface area contributed by atoms with Gasteiger partial charge in [0.05, 0.1) is 25.6 Å². The summed E-state index contributed by atoms with van der Waals surface area (Å²) in [6, 6.07) is 12.5. The van der Waals surface area contributed by atoms with E-state index in [0.29, 0.717) is 33.2 Å². The lowest BCUT2D eigenvalue weighted by molar-refractivity contribution is -0.116. The van der Waals surface area contributed by atoms with Crippen molar-refractivity contribution in [2.24, 2.45) is 7.05 Å². The molecule has 1 N–H and O–H groups in total. The zero-order chi connectivity index (χ0) is 22.8. The number of ether oxygens (including phenoxy) is 2. The Balaban J connectivity index is 1.62. The van der Waals surface area contributed by atoms with Crippen molar-refractivity contribution in [1.29, 1.82) is 0 Å². The number of nitrogens with zero attached hydrogens (tertiary/aromatic N) is 3. The number of hydrogen-bond donors (Lipinski definition) is 1. The van der Waals surface area contributed by atoms with Gasteiger partial charge in [0.25, 0.3) is 5.56 Å². The van der Waals surface area contributed by atoms with E-state index in [2.05, 4.69) is 10.3 Å². The smallest absolute Gasteiger partial charge is 0.278 e. The van der Waals surface area contributed by atoms with Crippen LogP contribution in [0.3, 0.4) is 0 Å². The summed E-state index contributed by atoms with van der Waals surface area (Å²) in [5.74, 6) is 0.839. The minimum absolute atomic E-state index is 0.189. The van der Waals surface area contributed by atoms with Crippen molar-refractivity contribution in [3.05, 3.63) is 70.4 Å². The van der Waals surface area contributed by atoms with Gasteiger partial charge in [0.15, 0.2) is 0 Å². The standard InChI is InChI=1S/C23H21ClN4O4/c1-27-11-17(14-5-4-6-16(9-14)31-2)21-22(27)23(30)28(13-25-21)12-20(29)26-15-7-8-19(32-3)18(24)10-15/h4-11,13H,12H2,1-3H3,(H,26,29). The summed E-state index contributed by atoms with van der Waals surface area (Å²) in [4.78, 5) is 30.1. The van der Waals surface area contributed by atoms with E-state index in [0.717, 1.165) is 11.1 Å². The first-order valence-corrected chi connectivity index (χ1v) is 10.1. The minimum atomic E-state index is -0.378. The van der Waals surface area contributed by atoms with E-state index in [1.807, 2.05) is 30.5 Å². The van der Waals surface area contributed by atoms with Crippen molar-refractivity contribution in [3.8, 4) is 22.6 Å². The predicted octanol–water partition coefficient (Wildman–Crippen LogP) is 3.71. The zero-order valence-electron chi connectivity index (χ0n) is 17.8. The zero-order valence-corrected chi connectivity index (χ0v) is 18.5. The van der Waals surface area contributed by atoms with Gasteiger partial charge in [-0.25, -0.2) is 4.98 Å². The predicted molar refractivity (Wildman–Crippen MR) is 124 cm³/mol. The van der Waals surface area contributed by atoms with E-state index in [9.17, 15) is 9.59 Å². The third-order valence-electron chi connectivity index (χ3n) is 5.07. The first-order valence-electron chi connectivity index (χ1n) is 9.73. The first-order chi connectivity index (χ1) is 15.4. The molecule has 0 spiro atoms. The first kappa shape index (κ1) is 21.5. The van der Waals surface area contributed by atoms with Crippen LogP contribution in [0.5, 0.6) is 11.5 Å². The molecule has 2 heterocycles. The van der Waals surface area contributed by atoms with Gasteiger partial charge < -0.3 is 19.4 Å². The average Bonchev–Trinajstić information content (AvgIpc) is 3.13. The number of nitrogens with one attached hydrogen (secondary N) is 1. The van der Waals surface area contributed by atoms with Crippen LogP contribution >= 0.6 is 11.6 Å². The molecule has 2 aromatic carbocycles. The van der Waals surface area contributed by atoms with Gasteiger partial charge >= 0.3 is 0 Å². The number of amides is 1. The maximum Gasteiger partial charge on any atom is 0.278 e. The van der Waals surface area contributed by atoms with Crippen LogP contribution in [0.1, 0.15) is 0 Å². The number of aromatic nitrogens is 3. The molecule has 1 amide bonds. The van der Waals surface area contributed by atoms with Crippen LogP contribution in [0, 0.1) is 0 Å². The number of carbonyl (C=O) groups excluding carboxylic acids is 1. The second-order valence-electron chi connectivity index (χ2n) is 7.16. The van der Waals surface area contributed by atoms with Gasteiger partial charge in [-0.1, -0.05) is 23.7 Å². The fourth-order valence-corrected chi connectivity index (χ4v) is 3.78. The quantitative estimate of drug-likeness (QED) is 0.482. The van der Waals surface area contributed by atoms with Crippen molar-refractivity contribution >= 4 is 34.2 Å². The Labute approximate surface area is 189 Å². The molecule has 0 saturated carbocycles. The van der Waals surface area contributed by atoms with Gasteiger partial charge in [0.2, 0.25) is 5.91 Å². The molecule has 32 heavy (non-hydrogen) atoms. The lowest BCUT2D eigenvalue weighted by atomic mass is 10.1.